The van der Waals surface area contributed by atoms with E-state index in [0.29, 0.717) is 5.88 Å². The first-order valence-electron chi connectivity index (χ1n) is 8.41. The quantitative estimate of drug-likeness (QED) is 0.783. The van der Waals surface area contributed by atoms with Crippen LogP contribution in [0.2, 0.25) is 0 Å². The zero-order valence-electron chi connectivity index (χ0n) is 12.5. The molecule has 4 aliphatic rings. The van der Waals surface area contributed by atoms with Crippen molar-refractivity contribution in [1.82, 2.24) is 9.80 Å². The van der Waals surface area contributed by atoms with E-state index in [1.165, 1.54) is 25.7 Å². The van der Waals surface area contributed by atoms with Gasteiger partial charge < -0.3 is 9.80 Å². The summed E-state index contributed by atoms with van der Waals surface area (Å²) in [4.78, 5) is 29.3. The van der Waals surface area contributed by atoms with Crippen molar-refractivity contribution in [2.24, 2.45) is 17.8 Å². The van der Waals surface area contributed by atoms with Crippen molar-refractivity contribution in [3.63, 3.8) is 0 Å². The van der Waals surface area contributed by atoms with E-state index in [0.717, 1.165) is 43.5 Å². The molecule has 5 heteroatoms. The first-order chi connectivity index (χ1) is 10.2. The van der Waals surface area contributed by atoms with Crippen LogP contribution in [-0.4, -0.2) is 52.4 Å². The van der Waals surface area contributed by atoms with E-state index in [2.05, 4.69) is 4.90 Å². The average molecular weight is 308 g/mol. The summed E-state index contributed by atoms with van der Waals surface area (Å²) in [5.41, 5.74) is 0. The molecule has 0 bridgehead atoms. The van der Waals surface area contributed by atoms with E-state index in [1.807, 2.05) is 4.90 Å². The molecule has 0 radical (unpaired) electrons. The fraction of sp³-hybridized carbons (Fsp3) is 0.875. The summed E-state index contributed by atoms with van der Waals surface area (Å²) >= 11 is 1.74. The summed E-state index contributed by atoms with van der Waals surface area (Å²) in [7, 11) is 0. The van der Waals surface area contributed by atoms with Crippen LogP contribution in [0.3, 0.4) is 0 Å². The molecule has 2 aliphatic carbocycles. The molecule has 0 spiro atoms. The van der Waals surface area contributed by atoms with Gasteiger partial charge in [0.25, 0.3) is 0 Å². The third kappa shape index (κ3) is 2.37. The molecule has 2 amide bonds. The first kappa shape index (κ1) is 13.9. The van der Waals surface area contributed by atoms with Gasteiger partial charge >= 0.3 is 0 Å². The number of amides is 2. The number of likely N-dealkylation sites (tertiary alicyclic amines) is 1. The van der Waals surface area contributed by atoms with E-state index >= 15 is 0 Å². The number of rotatable bonds is 2. The second-order valence-corrected chi connectivity index (χ2v) is 8.15. The lowest BCUT2D eigenvalue weighted by molar-refractivity contribution is -0.146. The van der Waals surface area contributed by atoms with E-state index in [-0.39, 0.29) is 23.8 Å². The molecule has 0 aromatic carbocycles. The van der Waals surface area contributed by atoms with Crippen LogP contribution in [0.25, 0.3) is 0 Å². The molecule has 4 rings (SSSR count). The maximum absolute atomic E-state index is 12.8. The Labute approximate surface area is 130 Å². The summed E-state index contributed by atoms with van der Waals surface area (Å²) in [6, 6.07) is -0.179. The first-order valence-corrected chi connectivity index (χ1v) is 9.56. The highest BCUT2D eigenvalue weighted by molar-refractivity contribution is 7.99. The molecule has 2 aliphatic heterocycles. The van der Waals surface area contributed by atoms with Crippen LogP contribution in [0.1, 0.15) is 38.5 Å². The summed E-state index contributed by atoms with van der Waals surface area (Å²) < 4.78 is 0. The normalized spacial score (nSPS) is 35.9. The zero-order valence-corrected chi connectivity index (χ0v) is 13.3. The highest BCUT2D eigenvalue weighted by Gasteiger charge is 2.44. The predicted octanol–water partition coefficient (Wildman–Crippen LogP) is 1.95. The van der Waals surface area contributed by atoms with Gasteiger partial charge in [0.05, 0.1) is 5.88 Å². The summed E-state index contributed by atoms with van der Waals surface area (Å²) in [6.45, 7) is 1.88. The number of carbonyl (C=O) groups excluding carboxylic acids is 2. The molecule has 4 fully saturated rings. The Morgan fingerprint density at radius 2 is 1.57 bits per heavy atom. The van der Waals surface area contributed by atoms with Crippen LogP contribution in [0.5, 0.6) is 0 Å². The summed E-state index contributed by atoms with van der Waals surface area (Å²) in [5, 5.41) is 0. The Bertz CT molecular complexity index is 440. The number of thioether (sulfide) groups is 1. The van der Waals surface area contributed by atoms with Gasteiger partial charge in [0, 0.05) is 24.8 Å². The molecule has 3 atom stereocenters. The van der Waals surface area contributed by atoms with Crippen LogP contribution in [0.15, 0.2) is 0 Å². The van der Waals surface area contributed by atoms with Gasteiger partial charge in [-0.2, -0.15) is 0 Å². The van der Waals surface area contributed by atoms with Crippen LogP contribution >= 0.6 is 11.8 Å². The molecule has 0 unspecified atom stereocenters. The van der Waals surface area contributed by atoms with E-state index in [4.69, 9.17) is 0 Å². The van der Waals surface area contributed by atoms with Gasteiger partial charge in [-0.25, -0.2) is 0 Å². The smallest absolute Gasteiger partial charge is 0.246 e. The minimum Gasteiger partial charge on any atom is -0.340 e. The number of carbonyl (C=O) groups is 2. The van der Waals surface area contributed by atoms with Crippen molar-refractivity contribution in [3.8, 4) is 0 Å². The van der Waals surface area contributed by atoms with Crippen molar-refractivity contribution in [3.05, 3.63) is 0 Å². The van der Waals surface area contributed by atoms with Crippen LogP contribution < -0.4 is 0 Å². The van der Waals surface area contributed by atoms with Crippen molar-refractivity contribution in [2.75, 3.05) is 24.7 Å². The Balaban J connectivity index is 1.42. The lowest BCUT2D eigenvalue weighted by atomic mass is 9.84. The van der Waals surface area contributed by atoms with E-state index in [9.17, 15) is 9.59 Å². The second kappa shape index (κ2) is 5.49. The van der Waals surface area contributed by atoms with Crippen molar-refractivity contribution in [2.45, 2.75) is 44.6 Å². The Morgan fingerprint density at radius 3 is 2.19 bits per heavy atom. The van der Waals surface area contributed by atoms with Gasteiger partial charge in [-0.15, -0.1) is 11.8 Å². The second-order valence-electron chi connectivity index (χ2n) is 7.15. The molecule has 2 saturated carbocycles. The molecule has 116 valence electrons. The lowest BCUT2D eigenvalue weighted by Crippen LogP contribution is -2.50. The summed E-state index contributed by atoms with van der Waals surface area (Å²) in [6.07, 6.45) is 7.13. The molecule has 0 aromatic heterocycles. The Kier molecular flexibility index (Phi) is 3.64. The highest BCUT2D eigenvalue weighted by atomic mass is 32.2. The maximum atomic E-state index is 12.8. The zero-order chi connectivity index (χ0) is 14.4. The molecule has 2 heterocycles. The SMILES string of the molecule is O=C([C@H]1CSCN1C(=O)C1CCC1)N1C[C@H]2CCC[C@H]2C1. The molecular weight excluding hydrogens is 284 g/mol. The van der Waals surface area contributed by atoms with E-state index in [1.54, 1.807) is 11.8 Å². The molecule has 0 aromatic rings. The Morgan fingerprint density at radius 1 is 0.905 bits per heavy atom. The van der Waals surface area contributed by atoms with Crippen molar-refractivity contribution < 1.29 is 9.59 Å². The van der Waals surface area contributed by atoms with Crippen LogP contribution in [0, 0.1) is 17.8 Å². The third-order valence-corrected chi connectivity index (χ3v) is 6.96. The average Bonchev–Trinajstić information content (AvgIpc) is 3.10. The lowest BCUT2D eigenvalue weighted by Gasteiger charge is -2.33. The number of fused-ring (bicyclic) bond motifs is 1. The van der Waals surface area contributed by atoms with E-state index < -0.39 is 0 Å². The number of nitrogens with zero attached hydrogens (tertiary/aromatic N) is 2. The maximum Gasteiger partial charge on any atom is 0.246 e. The standard InChI is InChI=1S/C16H24N2O2S/c19-15(11-3-1-4-11)18-10-21-9-14(18)16(20)17-7-12-5-2-6-13(12)8-17/h11-14H,1-10H2/t12-,13+,14-/m1/s1. The number of hydrogen-bond donors (Lipinski definition) is 0. The molecule has 21 heavy (non-hydrogen) atoms. The van der Waals surface area contributed by atoms with Gasteiger partial charge in [0.15, 0.2) is 0 Å². The van der Waals surface area contributed by atoms with Gasteiger partial charge in [-0.05, 0) is 37.5 Å². The third-order valence-electron chi connectivity index (χ3n) is 5.94. The van der Waals surface area contributed by atoms with Gasteiger partial charge in [0.2, 0.25) is 11.8 Å². The Hall–Kier alpha value is -0.710. The molecule has 4 nitrogen and oxygen atoms in total. The largest absolute Gasteiger partial charge is 0.340 e. The fourth-order valence-electron chi connectivity index (χ4n) is 4.38. The van der Waals surface area contributed by atoms with Gasteiger partial charge in [-0.3, -0.25) is 9.59 Å². The number of hydrogen-bond acceptors (Lipinski definition) is 3. The van der Waals surface area contributed by atoms with Crippen molar-refractivity contribution in [1.29, 1.82) is 0 Å². The predicted molar refractivity (Wildman–Crippen MR) is 82.7 cm³/mol. The molecular formula is C16H24N2O2S. The minimum atomic E-state index is -0.179. The monoisotopic (exact) mass is 308 g/mol. The van der Waals surface area contributed by atoms with Gasteiger partial charge in [0.1, 0.15) is 6.04 Å². The van der Waals surface area contributed by atoms with Crippen molar-refractivity contribution >= 4 is 23.6 Å². The molecule has 0 N–H and O–H groups in total. The van der Waals surface area contributed by atoms with Gasteiger partial charge in [-0.1, -0.05) is 12.8 Å². The van der Waals surface area contributed by atoms with Crippen LogP contribution in [-0.2, 0) is 9.59 Å². The minimum absolute atomic E-state index is 0.179. The fourth-order valence-corrected chi connectivity index (χ4v) is 5.53. The summed E-state index contributed by atoms with van der Waals surface area (Å²) in [5.74, 6) is 3.65. The highest BCUT2D eigenvalue weighted by Crippen LogP contribution is 2.39. The molecule has 2 saturated heterocycles. The van der Waals surface area contributed by atoms with Crippen LogP contribution in [0.4, 0.5) is 0 Å². The topological polar surface area (TPSA) is 40.6 Å².